The van der Waals surface area contributed by atoms with E-state index in [1.807, 2.05) is 0 Å². The van der Waals surface area contributed by atoms with Crippen LogP contribution in [0.15, 0.2) is 0 Å². The highest BCUT2D eigenvalue weighted by molar-refractivity contribution is 7.46. The van der Waals surface area contributed by atoms with Crippen molar-refractivity contribution in [2.75, 3.05) is 21.1 Å². The van der Waals surface area contributed by atoms with Crippen LogP contribution in [0.1, 0.15) is 6.42 Å². The Morgan fingerprint density at radius 3 is 2.18 bits per heavy atom. The van der Waals surface area contributed by atoms with Gasteiger partial charge in [0.25, 0.3) is 0 Å². The van der Waals surface area contributed by atoms with Crippen molar-refractivity contribution >= 4 is 37.0 Å². The van der Waals surface area contributed by atoms with Crippen molar-refractivity contribution in [2.45, 2.75) is 17.0 Å². The number of phosphoric ester groups is 1. The number of carboxylic acid groups (broad SMARTS) is 1. The molecule has 0 saturated carbocycles. The first kappa shape index (κ1) is 17.1. The topological polar surface area (TPSA) is 107 Å². The van der Waals surface area contributed by atoms with Gasteiger partial charge >= 0.3 is 7.82 Å². The molecule has 2 atom stereocenters. The fourth-order valence-electron chi connectivity index (χ4n) is 1.13. The molecule has 17 heavy (non-hydrogen) atoms. The third kappa shape index (κ3) is 6.01. The molecular weight excluding hydrogens is 296 g/mol. The molecule has 0 aliphatic heterocycles. The minimum absolute atomic E-state index is 0.0711. The molecule has 0 spiro atoms. The Labute approximate surface area is 109 Å². The van der Waals surface area contributed by atoms with Gasteiger partial charge in [0.15, 0.2) is 0 Å². The van der Waals surface area contributed by atoms with Gasteiger partial charge in [-0.2, -0.15) is 0 Å². The van der Waals surface area contributed by atoms with Crippen LogP contribution in [0.5, 0.6) is 0 Å². The highest BCUT2D eigenvalue weighted by Crippen LogP contribution is 2.48. The van der Waals surface area contributed by atoms with Gasteiger partial charge in [-0.15, -0.1) is 0 Å². The maximum absolute atomic E-state index is 10.8. The number of hydrogen-bond donors (Lipinski definition) is 2. The highest BCUT2D eigenvalue weighted by Gasteiger charge is 2.49. The van der Waals surface area contributed by atoms with Crippen LogP contribution < -0.4 is 5.11 Å². The van der Waals surface area contributed by atoms with Gasteiger partial charge in [-0.1, -0.05) is 23.2 Å². The molecule has 2 unspecified atom stereocenters. The van der Waals surface area contributed by atoms with Gasteiger partial charge in [0.2, 0.25) is 10.6 Å². The summed E-state index contributed by atoms with van der Waals surface area (Å²) >= 11 is 11.7. The number of likely N-dealkylation sites (N-methyl/N-ethyl adjacent to an activating group) is 1. The minimum Gasteiger partial charge on any atom is -0.550 e. The monoisotopic (exact) mass is 309 g/mol. The van der Waals surface area contributed by atoms with Crippen LogP contribution in [0.2, 0.25) is 0 Å². The molecule has 0 aromatic carbocycles. The molecule has 0 aliphatic rings. The summed E-state index contributed by atoms with van der Waals surface area (Å²) in [6.45, 7) is 0. The Kier molecular flexibility index (Phi) is 5.44. The van der Waals surface area contributed by atoms with Gasteiger partial charge in [0, 0.05) is 12.4 Å². The SMILES string of the molecule is C[N+](C)(C)C(Cl)C(Cl)(CC(=O)[O-])OP(=O)(O)O. The van der Waals surface area contributed by atoms with Crippen molar-refractivity contribution < 1.29 is 33.3 Å². The van der Waals surface area contributed by atoms with Crippen LogP contribution >= 0.6 is 31.0 Å². The van der Waals surface area contributed by atoms with Crippen LogP contribution in [0.4, 0.5) is 0 Å². The molecule has 0 saturated heterocycles. The summed E-state index contributed by atoms with van der Waals surface area (Å²) in [7, 11) is -0.297. The zero-order valence-corrected chi connectivity index (χ0v) is 11.9. The first-order valence-electron chi connectivity index (χ1n) is 4.38. The van der Waals surface area contributed by atoms with E-state index in [-0.39, 0.29) is 4.48 Å². The summed E-state index contributed by atoms with van der Waals surface area (Å²) in [6.07, 6.45) is -0.955. The quantitative estimate of drug-likeness (QED) is 0.295. The van der Waals surface area contributed by atoms with Crippen LogP contribution in [0.25, 0.3) is 0 Å². The zero-order valence-electron chi connectivity index (χ0n) is 9.46. The van der Waals surface area contributed by atoms with Gasteiger partial charge in [0.05, 0.1) is 21.1 Å². The predicted molar refractivity (Wildman–Crippen MR) is 59.0 cm³/mol. The van der Waals surface area contributed by atoms with E-state index in [4.69, 9.17) is 33.0 Å². The number of alkyl halides is 2. The third-order valence-electron chi connectivity index (χ3n) is 1.69. The number of carbonyl (C=O) groups is 1. The van der Waals surface area contributed by atoms with Gasteiger partial charge < -0.3 is 24.2 Å². The van der Waals surface area contributed by atoms with Gasteiger partial charge in [-0.25, -0.2) is 4.57 Å². The summed E-state index contributed by atoms with van der Waals surface area (Å²) in [4.78, 5) is 28.0. The Morgan fingerprint density at radius 2 is 1.94 bits per heavy atom. The summed E-state index contributed by atoms with van der Waals surface area (Å²) < 4.78 is 15.0. The molecule has 0 heterocycles. The number of aliphatic carboxylic acids is 1. The number of nitrogens with zero attached hydrogens (tertiary/aromatic N) is 1. The Morgan fingerprint density at radius 1 is 1.53 bits per heavy atom. The highest BCUT2D eigenvalue weighted by atomic mass is 35.5. The number of quaternary nitrogens is 1. The number of carboxylic acids is 1. The van der Waals surface area contributed by atoms with Crippen LogP contribution in [-0.4, -0.2) is 51.9 Å². The second-order valence-corrected chi connectivity index (χ2v) is 6.59. The molecule has 0 fully saturated rings. The first-order valence-corrected chi connectivity index (χ1v) is 6.73. The molecule has 0 aliphatic carbocycles. The largest absolute Gasteiger partial charge is 0.550 e. The average molecular weight is 310 g/mol. The third-order valence-corrected chi connectivity index (χ3v) is 3.83. The molecule has 0 aromatic rings. The van der Waals surface area contributed by atoms with Crippen LogP contribution in [0.3, 0.4) is 0 Å². The molecule has 0 aromatic heterocycles. The van der Waals surface area contributed by atoms with Crippen molar-refractivity contribution in [3.8, 4) is 0 Å². The molecule has 0 bridgehead atoms. The fraction of sp³-hybridized carbons (Fsp3) is 0.857. The molecule has 7 nitrogen and oxygen atoms in total. The van der Waals surface area contributed by atoms with E-state index in [1.165, 1.54) is 0 Å². The molecule has 0 radical (unpaired) electrons. The lowest BCUT2D eigenvalue weighted by Crippen LogP contribution is -2.55. The number of rotatable bonds is 6. The summed E-state index contributed by atoms with van der Waals surface area (Å²) in [5.74, 6) is -1.63. The molecule has 10 heteroatoms. The van der Waals surface area contributed by atoms with Crippen LogP contribution in [0, 0.1) is 0 Å². The zero-order chi connectivity index (χ0) is 14.1. The van der Waals surface area contributed by atoms with Crippen molar-refractivity contribution in [1.82, 2.24) is 0 Å². The van der Waals surface area contributed by atoms with Gasteiger partial charge in [-0.05, 0) is 0 Å². The number of hydrogen-bond acceptors (Lipinski definition) is 4. The average Bonchev–Trinajstić information content (AvgIpc) is 1.95. The van der Waals surface area contributed by atoms with E-state index >= 15 is 0 Å². The van der Waals surface area contributed by atoms with Gasteiger partial charge in [-0.3, -0.25) is 4.52 Å². The van der Waals surface area contributed by atoms with E-state index in [0.29, 0.717) is 0 Å². The van der Waals surface area contributed by atoms with Crippen molar-refractivity contribution in [1.29, 1.82) is 0 Å². The Bertz CT molecular complexity index is 340. The normalized spacial score (nSPS) is 18.5. The van der Waals surface area contributed by atoms with Crippen LogP contribution in [-0.2, 0) is 13.9 Å². The lowest BCUT2D eigenvalue weighted by atomic mass is 10.2. The van der Waals surface area contributed by atoms with E-state index in [2.05, 4.69) is 4.52 Å². The first-order chi connectivity index (χ1) is 7.28. The number of carbonyl (C=O) groups excluding carboxylic acids is 1. The smallest absolute Gasteiger partial charge is 0.471 e. The summed E-state index contributed by atoms with van der Waals surface area (Å²) in [6, 6.07) is 0. The van der Waals surface area contributed by atoms with E-state index in [0.717, 1.165) is 0 Å². The minimum atomic E-state index is -4.98. The summed E-state index contributed by atoms with van der Waals surface area (Å²) in [5.41, 5.74) is -1.21. The van der Waals surface area contributed by atoms with E-state index < -0.39 is 30.8 Å². The van der Waals surface area contributed by atoms with Gasteiger partial charge in [0.1, 0.15) is 0 Å². The second-order valence-electron chi connectivity index (χ2n) is 4.37. The molecule has 2 N–H and O–H groups in total. The lowest BCUT2D eigenvalue weighted by Gasteiger charge is -2.39. The van der Waals surface area contributed by atoms with E-state index in [9.17, 15) is 14.5 Å². The van der Waals surface area contributed by atoms with Crippen molar-refractivity contribution in [3.63, 3.8) is 0 Å². The Hall–Kier alpha value is 0.120. The standard InChI is InChI=1S/C7H14Cl2NO6P/c1-10(2,3)6(8)7(9,4-5(11)12)16-17(13,14)15/h6H,4H2,1-3H3,(H2-,11,12,13,14,15). The molecule has 0 amide bonds. The molecule has 0 rings (SSSR count). The van der Waals surface area contributed by atoms with Crippen molar-refractivity contribution in [3.05, 3.63) is 0 Å². The van der Waals surface area contributed by atoms with E-state index in [1.54, 1.807) is 21.1 Å². The summed E-state index contributed by atoms with van der Waals surface area (Å²) in [5, 5.41) is 8.27. The maximum atomic E-state index is 10.8. The number of halogens is 2. The molecular formula is C7H14Cl2NO6P. The predicted octanol–water partition coefficient (Wildman–Crippen LogP) is -0.558. The molecule has 102 valence electrons. The Balaban J connectivity index is 5.24. The lowest BCUT2D eigenvalue weighted by molar-refractivity contribution is -0.887. The maximum Gasteiger partial charge on any atom is 0.471 e. The number of phosphoric acid groups is 1. The second kappa shape index (κ2) is 5.40. The van der Waals surface area contributed by atoms with Crippen molar-refractivity contribution in [2.24, 2.45) is 0 Å². The fourth-order valence-corrected chi connectivity index (χ4v) is 2.55.